The highest BCUT2D eigenvalue weighted by molar-refractivity contribution is 5.90. The van der Waals surface area contributed by atoms with Crippen LogP contribution in [0.4, 0.5) is 0 Å². The van der Waals surface area contributed by atoms with Gasteiger partial charge in [0.2, 0.25) is 0 Å². The zero-order valence-corrected chi connectivity index (χ0v) is 8.22. The van der Waals surface area contributed by atoms with E-state index >= 15 is 0 Å². The molecule has 1 rings (SSSR count). The number of aryl methyl sites for hydroxylation is 2. The molecule has 0 N–H and O–H groups in total. The average Bonchev–Trinajstić information content (AvgIpc) is 2.47. The van der Waals surface area contributed by atoms with Gasteiger partial charge in [0.15, 0.2) is 0 Å². The number of ether oxygens (including phenoxy) is 1. The van der Waals surface area contributed by atoms with Crippen molar-refractivity contribution in [1.29, 1.82) is 0 Å². The SMILES string of the molecule is CCOC(=O)c1cc(CC)oc1C. The summed E-state index contributed by atoms with van der Waals surface area (Å²) in [5.74, 6) is 1.15. The third-order valence-corrected chi connectivity index (χ3v) is 1.81. The van der Waals surface area contributed by atoms with Crippen LogP contribution in [0.25, 0.3) is 0 Å². The van der Waals surface area contributed by atoms with E-state index < -0.39 is 0 Å². The van der Waals surface area contributed by atoms with Gasteiger partial charge in [0, 0.05) is 6.42 Å². The summed E-state index contributed by atoms with van der Waals surface area (Å²) < 4.78 is 10.2. The molecule has 0 aliphatic heterocycles. The highest BCUT2D eigenvalue weighted by Gasteiger charge is 2.14. The number of carbonyl (C=O) groups excluding carboxylic acids is 1. The standard InChI is InChI=1S/C10H14O3/c1-4-8-6-9(7(3)13-8)10(11)12-5-2/h6H,4-5H2,1-3H3. The smallest absolute Gasteiger partial charge is 0.341 e. The lowest BCUT2D eigenvalue weighted by atomic mass is 10.2. The van der Waals surface area contributed by atoms with Gasteiger partial charge in [0.25, 0.3) is 0 Å². The fourth-order valence-corrected chi connectivity index (χ4v) is 1.13. The normalized spacial score (nSPS) is 10.1. The van der Waals surface area contributed by atoms with Crippen molar-refractivity contribution in [3.05, 3.63) is 23.2 Å². The van der Waals surface area contributed by atoms with Crippen LogP contribution in [0.1, 0.15) is 35.7 Å². The molecule has 1 heterocycles. The van der Waals surface area contributed by atoms with Gasteiger partial charge in [-0.3, -0.25) is 0 Å². The Bertz CT molecular complexity index is 299. The molecule has 1 aromatic rings. The highest BCUT2D eigenvalue weighted by Crippen LogP contribution is 2.15. The van der Waals surface area contributed by atoms with Gasteiger partial charge >= 0.3 is 5.97 Å². The zero-order valence-electron chi connectivity index (χ0n) is 8.22. The maximum atomic E-state index is 11.3. The second-order valence-corrected chi connectivity index (χ2v) is 2.76. The molecule has 0 amide bonds. The van der Waals surface area contributed by atoms with Gasteiger partial charge in [0.1, 0.15) is 17.1 Å². The molecule has 0 aromatic carbocycles. The van der Waals surface area contributed by atoms with Gasteiger partial charge in [-0.1, -0.05) is 6.92 Å². The van der Waals surface area contributed by atoms with Crippen LogP contribution in [0.5, 0.6) is 0 Å². The number of esters is 1. The summed E-state index contributed by atoms with van der Waals surface area (Å²) in [5, 5.41) is 0. The van der Waals surface area contributed by atoms with Crippen molar-refractivity contribution >= 4 is 5.97 Å². The molecule has 0 saturated heterocycles. The van der Waals surface area contributed by atoms with Crippen LogP contribution in [0.15, 0.2) is 10.5 Å². The summed E-state index contributed by atoms with van der Waals surface area (Å²) in [5.41, 5.74) is 0.540. The Hall–Kier alpha value is -1.25. The van der Waals surface area contributed by atoms with E-state index in [0.717, 1.165) is 12.2 Å². The Balaban J connectivity index is 2.87. The first-order valence-corrected chi connectivity index (χ1v) is 4.45. The molecule has 0 unspecified atom stereocenters. The predicted octanol–water partition coefficient (Wildman–Crippen LogP) is 2.33. The predicted molar refractivity (Wildman–Crippen MR) is 48.8 cm³/mol. The number of carbonyl (C=O) groups is 1. The number of hydrogen-bond acceptors (Lipinski definition) is 3. The van der Waals surface area contributed by atoms with Crippen LogP contribution in [0.3, 0.4) is 0 Å². The Kier molecular flexibility index (Phi) is 3.12. The molecule has 72 valence electrons. The molecule has 1 aromatic heterocycles. The Labute approximate surface area is 77.7 Å². The van der Waals surface area contributed by atoms with E-state index in [4.69, 9.17) is 9.15 Å². The second-order valence-electron chi connectivity index (χ2n) is 2.76. The van der Waals surface area contributed by atoms with Gasteiger partial charge in [0.05, 0.1) is 6.61 Å². The van der Waals surface area contributed by atoms with Gasteiger partial charge < -0.3 is 9.15 Å². The zero-order chi connectivity index (χ0) is 9.84. The largest absolute Gasteiger partial charge is 0.465 e. The van der Waals surface area contributed by atoms with Crippen LogP contribution >= 0.6 is 0 Å². The molecular weight excluding hydrogens is 168 g/mol. The Morgan fingerprint density at radius 2 is 2.23 bits per heavy atom. The average molecular weight is 182 g/mol. The van der Waals surface area contributed by atoms with E-state index in [1.807, 2.05) is 6.92 Å². The quantitative estimate of drug-likeness (QED) is 0.673. The van der Waals surface area contributed by atoms with E-state index in [0.29, 0.717) is 17.9 Å². The molecule has 0 fully saturated rings. The lowest BCUT2D eigenvalue weighted by Crippen LogP contribution is -2.04. The summed E-state index contributed by atoms with van der Waals surface area (Å²) >= 11 is 0. The molecule has 0 spiro atoms. The molecule has 0 bridgehead atoms. The third-order valence-electron chi connectivity index (χ3n) is 1.81. The summed E-state index contributed by atoms with van der Waals surface area (Å²) in [6.45, 7) is 5.93. The summed E-state index contributed by atoms with van der Waals surface area (Å²) in [6.07, 6.45) is 0.792. The molecular formula is C10H14O3. The van der Waals surface area contributed by atoms with E-state index in [2.05, 4.69) is 0 Å². The minimum absolute atomic E-state index is 0.302. The summed E-state index contributed by atoms with van der Waals surface area (Å²) in [4.78, 5) is 11.3. The first-order chi connectivity index (χ1) is 6.19. The molecule has 0 saturated carbocycles. The van der Waals surface area contributed by atoms with E-state index in [1.165, 1.54) is 0 Å². The molecule has 0 aliphatic rings. The number of hydrogen-bond donors (Lipinski definition) is 0. The van der Waals surface area contributed by atoms with E-state index in [-0.39, 0.29) is 5.97 Å². The topological polar surface area (TPSA) is 39.4 Å². The summed E-state index contributed by atoms with van der Waals surface area (Å²) in [7, 11) is 0. The first kappa shape index (κ1) is 9.84. The van der Waals surface area contributed by atoms with Crippen molar-refractivity contribution in [1.82, 2.24) is 0 Å². The first-order valence-electron chi connectivity index (χ1n) is 4.45. The second kappa shape index (κ2) is 4.12. The van der Waals surface area contributed by atoms with Crippen molar-refractivity contribution in [2.45, 2.75) is 27.2 Å². The van der Waals surface area contributed by atoms with Gasteiger partial charge in [-0.25, -0.2) is 4.79 Å². The number of rotatable bonds is 3. The maximum Gasteiger partial charge on any atom is 0.341 e. The maximum absolute atomic E-state index is 11.3. The minimum atomic E-state index is -0.302. The molecule has 0 atom stereocenters. The fraction of sp³-hybridized carbons (Fsp3) is 0.500. The van der Waals surface area contributed by atoms with E-state index in [1.54, 1.807) is 19.9 Å². The fourth-order valence-electron chi connectivity index (χ4n) is 1.13. The summed E-state index contributed by atoms with van der Waals surface area (Å²) in [6, 6.07) is 1.74. The monoisotopic (exact) mass is 182 g/mol. The van der Waals surface area contributed by atoms with Crippen LogP contribution in [-0.4, -0.2) is 12.6 Å². The van der Waals surface area contributed by atoms with Crippen LogP contribution in [0, 0.1) is 6.92 Å². The Morgan fingerprint density at radius 1 is 1.54 bits per heavy atom. The third kappa shape index (κ3) is 2.11. The van der Waals surface area contributed by atoms with Crippen molar-refractivity contribution in [3.63, 3.8) is 0 Å². The van der Waals surface area contributed by atoms with Crippen molar-refractivity contribution in [2.24, 2.45) is 0 Å². The van der Waals surface area contributed by atoms with Crippen LogP contribution in [0.2, 0.25) is 0 Å². The molecule has 3 heteroatoms. The van der Waals surface area contributed by atoms with Gasteiger partial charge in [-0.2, -0.15) is 0 Å². The number of furan rings is 1. The minimum Gasteiger partial charge on any atom is -0.465 e. The Morgan fingerprint density at radius 3 is 2.69 bits per heavy atom. The molecule has 0 aliphatic carbocycles. The molecule has 0 radical (unpaired) electrons. The van der Waals surface area contributed by atoms with Crippen molar-refractivity contribution < 1.29 is 13.9 Å². The van der Waals surface area contributed by atoms with Crippen molar-refractivity contribution in [3.8, 4) is 0 Å². The van der Waals surface area contributed by atoms with Crippen molar-refractivity contribution in [2.75, 3.05) is 6.61 Å². The molecule has 13 heavy (non-hydrogen) atoms. The van der Waals surface area contributed by atoms with Gasteiger partial charge in [-0.15, -0.1) is 0 Å². The lowest BCUT2D eigenvalue weighted by Gasteiger charge is -1.97. The van der Waals surface area contributed by atoms with E-state index in [9.17, 15) is 4.79 Å². The highest BCUT2D eigenvalue weighted by atomic mass is 16.5. The van der Waals surface area contributed by atoms with Gasteiger partial charge in [-0.05, 0) is 19.9 Å². The van der Waals surface area contributed by atoms with Crippen LogP contribution in [-0.2, 0) is 11.2 Å². The van der Waals surface area contributed by atoms with Crippen LogP contribution < -0.4 is 0 Å². The lowest BCUT2D eigenvalue weighted by molar-refractivity contribution is 0.0524. The molecule has 3 nitrogen and oxygen atoms in total.